The Kier molecular flexibility index (Phi) is 4.55. The average molecular weight is 303 g/mol. The summed E-state index contributed by atoms with van der Waals surface area (Å²) >= 11 is 5.88. The second kappa shape index (κ2) is 6.76. The van der Waals surface area contributed by atoms with Crippen molar-refractivity contribution >= 4 is 29.1 Å². The molecule has 0 radical (unpaired) electrons. The molecule has 0 amide bonds. The number of nitrogens with zero attached hydrogens (tertiary/aromatic N) is 2. The summed E-state index contributed by atoms with van der Waals surface area (Å²) in [4.78, 5) is 8.77. The van der Waals surface area contributed by atoms with Gasteiger partial charge in [-0.25, -0.2) is 4.98 Å². The second-order valence-corrected chi connectivity index (χ2v) is 5.81. The second-order valence-electron chi connectivity index (χ2n) is 5.38. The number of benzene rings is 1. The fourth-order valence-corrected chi connectivity index (χ4v) is 2.74. The Morgan fingerprint density at radius 2 is 1.76 bits per heavy atom. The first-order valence-corrected chi connectivity index (χ1v) is 7.79. The van der Waals surface area contributed by atoms with Crippen molar-refractivity contribution in [1.82, 2.24) is 9.97 Å². The highest BCUT2D eigenvalue weighted by molar-refractivity contribution is 6.30. The van der Waals surface area contributed by atoms with Crippen LogP contribution in [-0.4, -0.2) is 16.0 Å². The molecule has 2 N–H and O–H groups in total. The van der Waals surface area contributed by atoms with E-state index in [1.165, 1.54) is 32.1 Å². The van der Waals surface area contributed by atoms with Crippen molar-refractivity contribution in [1.29, 1.82) is 0 Å². The zero-order valence-corrected chi connectivity index (χ0v) is 12.6. The van der Waals surface area contributed by atoms with Gasteiger partial charge in [0.25, 0.3) is 0 Å². The fraction of sp³-hybridized carbons (Fsp3) is 0.375. The van der Waals surface area contributed by atoms with Crippen LogP contribution >= 0.6 is 11.6 Å². The molecule has 0 saturated heterocycles. The molecule has 1 aromatic heterocycles. The molecule has 1 heterocycles. The highest BCUT2D eigenvalue weighted by Gasteiger charge is 2.13. The average Bonchev–Trinajstić information content (AvgIpc) is 2.51. The van der Waals surface area contributed by atoms with Gasteiger partial charge in [-0.15, -0.1) is 0 Å². The Hall–Kier alpha value is -1.81. The maximum Gasteiger partial charge on any atom is 0.229 e. The third-order valence-electron chi connectivity index (χ3n) is 3.71. The van der Waals surface area contributed by atoms with Crippen LogP contribution in [0.5, 0.6) is 0 Å². The van der Waals surface area contributed by atoms with E-state index in [0.717, 1.165) is 11.5 Å². The molecule has 0 aliphatic heterocycles. The van der Waals surface area contributed by atoms with Crippen LogP contribution in [0.2, 0.25) is 5.02 Å². The van der Waals surface area contributed by atoms with Crippen molar-refractivity contribution in [3.05, 3.63) is 41.6 Å². The largest absolute Gasteiger partial charge is 0.367 e. The topological polar surface area (TPSA) is 49.8 Å². The minimum atomic E-state index is 0.539. The summed E-state index contributed by atoms with van der Waals surface area (Å²) in [5, 5.41) is 7.41. The molecule has 0 atom stereocenters. The minimum absolute atomic E-state index is 0.539. The highest BCUT2D eigenvalue weighted by atomic mass is 35.5. The minimum Gasteiger partial charge on any atom is -0.367 e. The summed E-state index contributed by atoms with van der Waals surface area (Å²) in [6, 6.07) is 9.96. The molecular formula is C16H19ClN4. The van der Waals surface area contributed by atoms with Gasteiger partial charge >= 0.3 is 0 Å². The van der Waals surface area contributed by atoms with Crippen LogP contribution in [0.3, 0.4) is 0 Å². The molecule has 1 aliphatic carbocycles. The van der Waals surface area contributed by atoms with Gasteiger partial charge in [0.15, 0.2) is 0 Å². The molecule has 1 aliphatic rings. The maximum atomic E-state index is 5.88. The van der Waals surface area contributed by atoms with Crippen molar-refractivity contribution in [3.8, 4) is 0 Å². The van der Waals surface area contributed by atoms with Crippen molar-refractivity contribution in [2.24, 2.45) is 0 Å². The number of nitrogens with one attached hydrogen (secondary N) is 2. The molecule has 0 spiro atoms. The van der Waals surface area contributed by atoms with Gasteiger partial charge in [-0.1, -0.05) is 30.9 Å². The van der Waals surface area contributed by atoms with Crippen molar-refractivity contribution in [2.45, 2.75) is 38.1 Å². The summed E-state index contributed by atoms with van der Waals surface area (Å²) in [6.45, 7) is 0. The molecule has 1 fully saturated rings. The Morgan fingerprint density at radius 3 is 2.52 bits per heavy atom. The lowest BCUT2D eigenvalue weighted by Crippen LogP contribution is -2.22. The quantitative estimate of drug-likeness (QED) is 0.865. The molecule has 110 valence electrons. The van der Waals surface area contributed by atoms with E-state index in [1.807, 2.05) is 30.3 Å². The molecule has 0 bridgehead atoms. The lowest BCUT2D eigenvalue weighted by atomic mass is 9.95. The fourth-order valence-electron chi connectivity index (χ4n) is 2.62. The van der Waals surface area contributed by atoms with Crippen LogP contribution in [0.4, 0.5) is 17.5 Å². The predicted molar refractivity (Wildman–Crippen MR) is 87.3 cm³/mol. The lowest BCUT2D eigenvalue weighted by molar-refractivity contribution is 0.462. The molecule has 0 unspecified atom stereocenters. The number of aromatic nitrogens is 2. The van der Waals surface area contributed by atoms with Gasteiger partial charge < -0.3 is 10.6 Å². The third kappa shape index (κ3) is 4.08. The van der Waals surface area contributed by atoms with E-state index in [-0.39, 0.29) is 0 Å². The Labute approximate surface area is 130 Å². The Balaban J connectivity index is 1.66. The van der Waals surface area contributed by atoms with Gasteiger partial charge in [-0.05, 0) is 43.2 Å². The van der Waals surface area contributed by atoms with E-state index in [1.54, 1.807) is 6.20 Å². The van der Waals surface area contributed by atoms with Gasteiger partial charge in [0.05, 0.1) is 0 Å². The summed E-state index contributed by atoms with van der Waals surface area (Å²) < 4.78 is 0. The van der Waals surface area contributed by atoms with E-state index in [4.69, 9.17) is 11.6 Å². The normalized spacial score (nSPS) is 15.7. The van der Waals surface area contributed by atoms with Crippen LogP contribution in [0.1, 0.15) is 32.1 Å². The molecular weight excluding hydrogens is 284 g/mol. The number of rotatable bonds is 4. The van der Waals surface area contributed by atoms with Crippen molar-refractivity contribution in [2.75, 3.05) is 10.6 Å². The smallest absolute Gasteiger partial charge is 0.229 e. The first kappa shape index (κ1) is 14.1. The summed E-state index contributed by atoms with van der Waals surface area (Å²) in [6.07, 6.45) is 8.19. The van der Waals surface area contributed by atoms with Gasteiger partial charge in [0, 0.05) is 22.9 Å². The van der Waals surface area contributed by atoms with Gasteiger partial charge in [-0.3, -0.25) is 0 Å². The molecule has 3 rings (SSSR count). The molecule has 2 aromatic rings. The zero-order chi connectivity index (χ0) is 14.5. The van der Waals surface area contributed by atoms with Crippen LogP contribution in [0, 0.1) is 0 Å². The first-order valence-electron chi connectivity index (χ1n) is 7.42. The van der Waals surface area contributed by atoms with E-state index < -0.39 is 0 Å². The van der Waals surface area contributed by atoms with E-state index in [0.29, 0.717) is 17.0 Å². The number of hydrogen-bond donors (Lipinski definition) is 2. The monoisotopic (exact) mass is 302 g/mol. The molecule has 4 nitrogen and oxygen atoms in total. The summed E-state index contributed by atoms with van der Waals surface area (Å²) in [7, 11) is 0. The molecule has 21 heavy (non-hydrogen) atoms. The standard InChI is InChI=1S/C16H19ClN4/c17-12-6-8-14(9-7-12)20-16-18-11-10-15(21-16)19-13-4-2-1-3-5-13/h6-11,13H,1-5H2,(H2,18,19,20,21). The van der Waals surface area contributed by atoms with Crippen molar-refractivity contribution in [3.63, 3.8) is 0 Å². The molecule has 1 aromatic carbocycles. The SMILES string of the molecule is Clc1ccc(Nc2nccc(NC3CCCCC3)n2)cc1. The van der Waals surface area contributed by atoms with E-state index >= 15 is 0 Å². The van der Waals surface area contributed by atoms with Crippen LogP contribution in [0.15, 0.2) is 36.5 Å². The lowest BCUT2D eigenvalue weighted by Gasteiger charge is -2.23. The van der Waals surface area contributed by atoms with Crippen LogP contribution in [-0.2, 0) is 0 Å². The number of hydrogen-bond acceptors (Lipinski definition) is 4. The maximum absolute atomic E-state index is 5.88. The summed E-state index contributed by atoms with van der Waals surface area (Å²) in [5.74, 6) is 1.48. The first-order chi connectivity index (χ1) is 10.3. The summed E-state index contributed by atoms with van der Waals surface area (Å²) in [5.41, 5.74) is 0.925. The number of anilines is 3. The van der Waals surface area contributed by atoms with Gasteiger partial charge in [0.2, 0.25) is 5.95 Å². The van der Waals surface area contributed by atoms with Gasteiger partial charge in [0.1, 0.15) is 5.82 Å². The molecule has 1 saturated carbocycles. The van der Waals surface area contributed by atoms with Crippen LogP contribution in [0.25, 0.3) is 0 Å². The Bertz CT molecular complexity index is 579. The highest BCUT2D eigenvalue weighted by Crippen LogP contribution is 2.22. The van der Waals surface area contributed by atoms with Crippen LogP contribution < -0.4 is 10.6 Å². The van der Waals surface area contributed by atoms with Crippen molar-refractivity contribution < 1.29 is 0 Å². The Morgan fingerprint density at radius 1 is 1.00 bits per heavy atom. The van der Waals surface area contributed by atoms with Gasteiger partial charge in [-0.2, -0.15) is 4.98 Å². The number of halogens is 1. The van der Waals surface area contributed by atoms with E-state index in [9.17, 15) is 0 Å². The molecule has 5 heteroatoms. The van der Waals surface area contributed by atoms with E-state index in [2.05, 4.69) is 20.6 Å². The predicted octanol–water partition coefficient (Wildman–Crippen LogP) is 4.62. The zero-order valence-electron chi connectivity index (χ0n) is 11.8. The third-order valence-corrected chi connectivity index (χ3v) is 3.97.